The fraction of sp³-hybridized carbons (Fsp3) is 0.133. The number of anilines is 1. The minimum Gasteiger partial charge on any atom is -0.550 e. The molecule has 5 heteroatoms. The van der Waals surface area contributed by atoms with E-state index in [1.165, 1.54) is 18.2 Å². The first-order valence-electron chi connectivity index (χ1n) is 5.91. The number of carbonyl (C=O) groups excluding carboxylic acids is 1. The molecule has 20 heavy (non-hydrogen) atoms. The zero-order valence-electron chi connectivity index (χ0n) is 11.2. The van der Waals surface area contributed by atoms with Crippen LogP contribution in [0, 0.1) is 5.82 Å². The van der Waals surface area contributed by atoms with Crippen molar-refractivity contribution in [2.75, 3.05) is 5.32 Å². The average Bonchev–Trinajstić information content (AvgIpc) is 2.40. The number of carboxylic acid groups (broad SMARTS) is 1. The molecule has 2 aromatic carbocycles. The van der Waals surface area contributed by atoms with Gasteiger partial charge in [-0.05, 0) is 23.3 Å². The van der Waals surface area contributed by atoms with Crippen LogP contribution in [0.25, 0.3) is 0 Å². The molecule has 2 rings (SSSR count). The molecule has 0 heterocycles. The van der Waals surface area contributed by atoms with Gasteiger partial charge in [0.2, 0.25) is 0 Å². The van der Waals surface area contributed by atoms with Gasteiger partial charge in [-0.25, -0.2) is 4.39 Å². The van der Waals surface area contributed by atoms with E-state index in [9.17, 15) is 14.3 Å². The van der Waals surface area contributed by atoms with Crippen LogP contribution in [0.5, 0.6) is 0 Å². The Morgan fingerprint density at radius 2 is 1.85 bits per heavy atom. The Hall–Kier alpha value is -1.36. The number of hydrogen-bond acceptors (Lipinski definition) is 3. The van der Waals surface area contributed by atoms with Gasteiger partial charge in [0.05, 0.1) is 0 Å². The Morgan fingerprint density at radius 3 is 2.50 bits per heavy atom. The van der Waals surface area contributed by atoms with Gasteiger partial charge in [-0.3, -0.25) is 0 Å². The standard InChI is InChI=1S/C15H14FNO2.Na/c16-13-7-6-12(8-15(18)19)14(9-13)17-10-11-4-2-1-3-5-11;/h1-7,9,17H,8,10H2,(H,18,19);/q;+1/p-1. The number of benzene rings is 2. The van der Waals surface area contributed by atoms with Gasteiger partial charge < -0.3 is 15.2 Å². The van der Waals surface area contributed by atoms with E-state index >= 15 is 0 Å². The minimum atomic E-state index is -1.19. The molecular weight excluding hydrogens is 268 g/mol. The van der Waals surface area contributed by atoms with E-state index < -0.39 is 11.8 Å². The molecule has 0 aliphatic rings. The molecule has 0 atom stereocenters. The summed E-state index contributed by atoms with van der Waals surface area (Å²) in [7, 11) is 0. The first-order chi connectivity index (χ1) is 9.15. The van der Waals surface area contributed by atoms with Crippen LogP contribution in [0.4, 0.5) is 10.1 Å². The van der Waals surface area contributed by atoms with Crippen LogP contribution in [-0.4, -0.2) is 5.97 Å². The summed E-state index contributed by atoms with van der Waals surface area (Å²) in [5, 5.41) is 13.7. The average molecular weight is 281 g/mol. The first kappa shape index (κ1) is 16.7. The zero-order valence-corrected chi connectivity index (χ0v) is 13.2. The molecule has 2 aromatic rings. The normalized spacial score (nSPS) is 9.65. The van der Waals surface area contributed by atoms with Gasteiger partial charge in [-0.15, -0.1) is 0 Å². The second-order valence-electron chi connectivity index (χ2n) is 4.19. The summed E-state index contributed by atoms with van der Waals surface area (Å²) in [4.78, 5) is 10.6. The van der Waals surface area contributed by atoms with E-state index in [-0.39, 0.29) is 36.0 Å². The van der Waals surface area contributed by atoms with E-state index in [1.54, 1.807) is 0 Å². The Morgan fingerprint density at radius 1 is 1.15 bits per heavy atom. The third-order valence-corrected chi connectivity index (χ3v) is 2.73. The molecule has 1 N–H and O–H groups in total. The topological polar surface area (TPSA) is 52.2 Å². The van der Waals surface area contributed by atoms with E-state index in [0.29, 0.717) is 17.8 Å². The molecule has 0 amide bonds. The second kappa shape index (κ2) is 8.04. The van der Waals surface area contributed by atoms with Crippen molar-refractivity contribution in [3.63, 3.8) is 0 Å². The van der Waals surface area contributed by atoms with Gasteiger partial charge in [0.15, 0.2) is 0 Å². The summed E-state index contributed by atoms with van der Waals surface area (Å²) in [5.74, 6) is -1.59. The van der Waals surface area contributed by atoms with Gasteiger partial charge >= 0.3 is 29.6 Å². The Bertz CT molecular complexity index is 575. The van der Waals surface area contributed by atoms with Crippen molar-refractivity contribution in [2.24, 2.45) is 0 Å². The summed E-state index contributed by atoms with van der Waals surface area (Å²) < 4.78 is 13.2. The number of aliphatic carboxylic acids is 1. The predicted molar refractivity (Wildman–Crippen MR) is 68.9 cm³/mol. The molecule has 0 unspecified atom stereocenters. The number of carbonyl (C=O) groups is 1. The largest absolute Gasteiger partial charge is 1.00 e. The van der Waals surface area contributed by atoms with Crippen LogP contribution < -0.4 is 40.0 Å². The van der Waals surface area contributed by atoms with Crippen molar-refractivity contribution < 1.29 is 43.8 Å². The third-order valence-electron chi connectivity index (χ3n) is 2.73. The summed E-state index contributed by atoms with van der Waals surface area (Å²) in [6.07, 6.45) is -0.239. The maximum atomic E-state index is 13.2. The van der Waals surface area contributed by atoms with Crippen molar-refractivity contribution >= 4 is 11.7 Å². The molecule has 0 radical (unpaired) electrons. The molecule has 0 aliphatic heterocycles. The molecule has 0 fully saturated rings. The van der Waals surface area contributed by atoms with E-state index in [0.717, 1.165) is 5.56 Å². The fourth-order valence-electron chi connectivity index (χ4n) is 1.82. The summed E-state index contributed by atoms with van der Waals surface area (Å²) in [6.45, 7) is 0.504. The van der Waals surface area contributed by atoms with Gasteiger partial charge in [0.25, 0.3) is 0 Å². The molecule has 0 saturated carbocycles. The summed E-state index contributed by atoms with van der Waals surface area (Å²) >= 11 is 0. The minimum absolute atomic E-state index is 0. The van der Waals surface area contributed by atoms with Crippen molar-refractivity contribution in [1.82, 2.24) is 0 Å². The molecule has 0 saturated heterocycles. The Kier molecular flexibility index (Phi) is 6.71. The molecule has 0 spiro atoms. The molecular formula is C15H13FNNaO2. The first-order valence-corrected chi connectivity index (χ1v) is 5.91. The smallest absolute Gasteiger partial charge is 0.550 e. The number of halogens is 1. The van der Waals surface area contributed by atoms with E-state index in [1.807, 2.05) is 30.3 Å². The number of carboxylic acids is 1. The van der Waals surface area contributed by atoms with Gasteiger partial charge in [-0.1, -0.05) is 36.4 Å². The van der Waals surface area contributed by atoms with Crippen molar-refractivity contribution in [3.05, 3.63) is 65.5 Å². The fourth-order valence-corrected chi connectivity index (χ4v) is 1.82. The van der Waals surface area contributed by atoms with Gasteiger partial charge in [-0.2, -0.15) is 0 Å². The van der Waals surface area contributed by atoms with Gasteiger partial charge in [0.1, 0.15) is 5.82 Å². The van der Waals surface area contributed by atoms with Crippen LogP contribution in [-0.2, 0) is 17.8 Å². The van der Waals surface area contributed by atoms with E-state index in [2.05, 4.69) is 5.32 Å². The number of nitrogens with one attached hydrogen (secondary N) is 1. The van der Waals surface area contributed by atoms with E-state index in [4.69, 9.17) is 0 Å². The molecule has 0 aromatic heterocycles. The predicted octanol–water partition coefficient (Wildman–Crippen LogP) is -1.27. The number of rotatable bonds is 5. The van der Waals surface area contributed by atoms with Crippen LogP contribution in [0.1, 0.15) is 11.1 Å². The van der Waals surface area contributed by atoms with Crippen LogP contribution in [0.3, 0.4) is 0 Å². The summed E-state index contributed by atoms with van der Waals surface area (Å²) in [6, 6.07) is 13.6. The molecule has 3 nitrogen and oxygen atoms in total. The van der Waals surface area contributed by atoms with Gasteiger partial charge in [0, 0.05) is 24.6 Å². The SMILES string of the molecule is O=C([O-])Cc1ccc(F)cc1NCc1ccccc1.[Na+]. The summed E-state index contributed by atoms with van der Waals surface area (Å²) in [5.41, 5.74) is 2.02. The Balaban J connectivity index is 0.00000200. The van der Waals surface area contributed by atoms with Crippen LogP contribution in [0.15, 0.2) is 48.5 Å². The Labute approximate surface area is 139 Å². The molecule has 98 valence electrons. The van der Waals surface area contributed by atoms with Crippen molar-refractivity contribution in [1.29, 1.82) is 0 Å². The van der Waals surface area contributed by atoms with Crippen LogP contribution >= 0.6 is 0 Å². The molecule has 0 aliphatic carbocycles. The quantitative estimate of drug-likeness (QED) is 0.696. The van der Waals surface area contributed by atoms with Crippen molar-refractivity contribution in [2.45, 2.75) is 13.0 Å². The van der Waals surface area contributed by atoms with Crippen LogP contribution in [0.2, 0.25) is 0 Å². The maximum absolute atomic E-state index is 13.2. The zero-order chi connectivity index (χ0) is 13.7. The second-order valence-corrected chi connectivity index (χ2v) is 4.19. The third kappa shape index (κ3) is 4.96. The monoisotopic (exact) mass is 281 g/mol. The van der Waals surface area contributed by atoms with Crippen molar-refractivity contribution in [3.8, 4) is 0 Å². The molecule has 0 bridgehead atoms. The number of hydrogen-bond donors (Lipinski definition) is 1. The maximum Gasteiger partial charge on any atom is 1.00 e.